The van der Waals surface area contributed by atoms with E-state index in [4.69, 9.17) is 9.15 Å². The molecular formula is C25H36N4O4. The van der Waals surface area contributed by atoms with Crippen LogP contribution in [-0.4, -0.2) is 77.2 Å². The fourth-order valence-corrected chi connectivity index (χ4v) is 5.64. The van der Waals surface area contributed by atoms with Crippen LogP contribution in [0, 0.1) is 6.92 Å². The summed E-state index contributed by atoms with van der Waals surface area (Å²) in [4.78, 5) is 31.7. The Morgan fingerprint density at radius 2 is 1.85 bits per heavy atom. The second-order valence-electron chi connectivity index (χ2n) is 10.1. The topological polar surface area (TPSA) is 80.0 Å². The number of nitrogens with one attached hydrogen (secondary N) is 1. The van der Waals surface area contributed by atoms with Crippen molar-refractivity contribution in [1.82, 2.24) is 19.7 Å². The van der Waals surface area contributed by atoms with Crippen LogP contribution in [0.2, 0.25) is 0 Å². The maximum atomic E-state index is 13.8. The smallest absolute Gasteiger partial charge is 0.271 e. The molecule has 1 saturated carbocycles. The van der Waals surface area contributed by atoms with E-state index in [9.17, 15) is 9.59 Å². The van der Waals surface area contributed by atoms with Crippen molar-refractivity contribution in [3.8, 4) is 0 Å². The highest BCUT2D eigenvalue weighted by Crippen LogP contribution is 2.34. The summed E-state index contributed by atoms with van der Waals surface area (Å²) in [5.41, 5.74) is 1.24. The molecule has 2 aliphatic heterocycles. The Labute approximate surface area is 195 Å². The van der Waals surface area contributed by atoms with Crippen molar-refractivity contribution >= 4 is 22.9 Å². The number of carbonyl (C=O) groups excluding carboxylic acids is 2. The second-order valence-corrected chi connectivity index (χ2v) is 10.1. The molecule has 180 valence electrons. The van der Waals surface area contributed by atoms with Gasteiger partial charge in [0, 0.05) is 44.4 Å². The zero-order valence-corrected chi connectivity index (χ0v) is 19.9. The van der Waals surface area contributed by atoms with E-state index in [2.05, 4.69) is 10.2 Å². The molecule has 1 N–H and O–H groups in total. The van der Waals surface area contributed by atoms with Gasteiger partial charge >= 0.3 is 0 Å². The first-order valence-electron chi connectivity index (χ1n) is 12.5. The van der Waals surface area contributed by atoms with Gasteiger partial charge in [-0.2, -0.15) is 0 Å². The van der Waals surface area contributed by atoms with Gasteiger partial charge in [0.2, 0.25) is 5.91 Å². The van der Waals surface area contributed by atoms with Gasteiger partial charge in [-0.25, -0.2) is 0 Å². The number of fused-ring (bicyclic) bond motifs is 3. The van der Waals surface area contributed by atoms with Crippen molar-refractivity contribution < 1.29 is 18.7 Å². The fourth-order valence-electron chi connectivity index (χ4n) is 5.64. The van der Waals surface area contributed by atoms with Gasteiger partial charge in [-0.15, -0.1) is 0 Å². The van der Waals surface area contributed by atoms with Gasteiger partial charge in [0.05, 0.1) is 25.3 Å². The molecule has 8 nitrogen and oxygen atoms in total. The Balaban J connectivity index is 1.44. The number of nitrogens with zero attached hydrogens (tertiary/aromatic N) is 3. The molecule has 5 rings (SSSR count). The predicted octanol–water partition coefficient (Wildman–Crippen LogP) is 2.93. The standard InChI is InChI=1S/C25H36N4O4/c1-18-15-20-22(33-18)16-21-23(30)29(10-9-27-11-13-32-14-12-27)25(2,17-28(20)21)24(31)26-19-7-5-3-4-6-8-19/h15-16,19H,3-14,17H2,1-2H3,(H,26,31)/t25-/m1/s1. The number of aromatic nitrogens is 1. The molecule has 1 atom stereocenters. The first kappa shape index (κ1) is 22.5. The molecule has 0 radical (unpaired) electrons. The van der Waals surface area contributed by atoms with Crippen LogP contribution < -0.4 is 5.32 Å². The molecule has 8 heteroatoms. The molecular weight excluding hydrogens is 420 g/mol. The van der Waals surface area contributed by atoms with Crippen LogP contribution in [0.5, 0.6) is 0 Å². The van der Waals surface area contributed by atoms with Crippen LogP contribution in [0.15, 0.2) is 16.5 Å². The van der Waals surface area contributed by atoms with Crippen LogP contribution in [0.3, 0.4) is 0 Å². The van der Waals surface area contributed by atoms with Crippen molar-refractivity contribution in [2.75, 3.05) is 39.4 Å². The Morgan fingerprint density at radius 1 is 1.12 bits per heavy atom. The van der Waals surface area contributed by atoms with E-state index in [1.54, 1.807) is 4.90 Å². The maximum absolute atomic E-state index is 13.8. The molecule has 0 unspecified atom stereocenters. The number of morpholine rings is 1. The lowest BCUT2D eigenvalue weighted by Crippen LogP contribution is -2.65. The Bertz CT molecular complexity index is 1010. The van der Waals surface area contributed by atoms with E-state index < -0.39 is 5.54 Å². The van der Waals surface area contributed by atoms with Gasteiger partial charge in [-0.1, -0.05) is 25.7 Å². The number of ether oxygens (including phenoxy) is 1. The quantitative estimate of drug-likeness (QED) is 0.700. The average Bonchev–Trinajstić information content (AvgIpc) is 3.19. The number of hydrogen-bond acceptors (Lipinski definition) is 5. The monoisotopic (exact) mass is 456 g/mol. The van der Waals surface area contributed by atoms with Gasteiger partial charge < -0.3 is 23.9 Å². The van der Waals surface area contributed by atoms with E-state index in [0.29, 0.717) is 37.6 Å². The first-order chi connectivity index (χ1) is 16.0. The van der Waals surface area contributed by atoms with Crippen molar-refractivity contribution in [1.29, 1.82) is 0 Å². The molecule has 2 amide bonds. The Kier molecular flexibility index (Phi) is 6.22. The summed E-state index contributed by atoms with van der Waals surface area (Å²) in [6, 6.07) is 3.98. The third kappa shape index (κ3) is 4.30. The molecule has 2 aromatic rings. The van der Waals surface area contributed by atoms with Crippen molar-refractivity contribution in [2.45, 2.75) is 70.5 Å². The summed E-state index contributed by atoms with van der Waals surface area (Å²) in [5.74, 6) is 0.664. The van der Waals surface area contributed by atoms with Crippen LogP contribution in [0.4, 0.5) is 0 Å². The molecule has 1 aliphatic carbocycles. The third-order valence-corrected chi connectivity index (χ3v) is 7.66. The van der Waals surface area contributed by atoms with Crippen LogP contribution >= 0.6 is 0 Å². The first-order valence-corrected chi connectivity index (χ1v) is 12.5. The molecule has 3 aliphatic rings. The minimum absolute atomic E-state index is 0.0440. The normalized spacial score (nSPS) is 25.3. The van der Waals surface area contributed by atoms with E-state index >= 15 is 0 Å². The predicted molar refractivity (Wildman–Crippen MR) is 125 cm³/mol. The largest absolute Gasteiger partial charge is 0.460 e. The van der Waals surface area contributed by atoms with Crippen molar-refractivity contribution in [2.24, 2.45) is 0 Å². The molecule has 2 aromatic heterocycles. The van der Waals surface area contributed by atoms with Gasteiger partial charge in [0.15, 0.2) is 5.58 Å². The molecule has 0 bridgehead atoms. The number of aryl methyl sites for hydroxylation is 1. The van der Waals surface area contributed by atoms with Crippen molar-refractivity contribution in [3.63, 3.8) is 0 Å². The highest BCUT2D eigenvalue weighted by atomic mass is 16.5. The highest BCUT2D eigenvalue weighted by Gasteiger charge is 2.48. The van der Waals surface area contributed by atoms with Crippen molar-refractivity contribution in [3.05, 3.63) is 23.6 Å². The van der Waals surface area contributed by atoms with Crippen LogP contribution in [0.1, 0.15) is 61.7 Å². The highest BCUT2D eigenvalue weighted by molar-refractivity contribution is 6.03. The summed E-state index contributed by atoms with van der Waals surface area (Å²) in [6.45, 7) is 8.65. The number of rotatable bonds is 5. The van der Waals surface area contributed by atoms with Gasteiger partial charge in [0.25, 0.3) is 5.91 Å². The summed E-state index contributed by atoms with van der Waals surface area (Å²) < 4.78 is 13.3. The SMILES string of the molecule is Cc1cc2c(cc3n2C[C@](C)(C(=O)NC2CCCCCC2)N(CCN2CCOCC2)C3=O)o1. The van der Waals surface area contributed by atoms with E-state index in [-0.39, 0.29) is 17.9 Å². The third-order valence-electron chi connectivity index (χ3n) is 7.66. The molecule has 2 fully saturated rings. The zero-order valence-electron chi connectivity index (χ0n) is 19.9. The van der Waals surface area contributed by atoms with Crippen LogP contribution in [-0.2, 0) is 16.1 Å². The summed E-state index contributed by atoms with van der Waals surface area (Å²) in [7, 11) is 0. The summed E-state index contributed by atoms with van der Waals surface area (Å²) >= 11 is 0. The number of carbonyl (C=O) groups is 2. The second kappa shape index (κ2) is 9.14. The van der Waals surface area contributed by atoms with Gasteiger partial charge in [-0.05, 0) is 26.7 Å². The molecule has 33 heavy (non-hydrogen) atoms. The Morgan fingerprint density at radius 3 is 2.58 bits per heavy atom. The molecule has 0 aromatic carbocycles. The summed E-state index contributed by atoms with van der Waals surface area (Å²) in [6.07, 6.45) is 6.81. The van der Waals surface area contributed by atoms with E-state index in [1.807, 2.05) is 30.5 Å². The molecule has 0 spiro atoms. The average molecular weight is 457 g/mol. The number of amides is 2. The van der Waals surface area contributed by atoms with Gasteiger partial charge in [0.1, 0.15) is 17.0 Å². The number of hydrogen-bond donors (Lipinski definition) is 1. The lowest BCUT2D eigenvalue weighted by atomic mass is 9.93. The van der Waals surface area contributed by atoms with E-state index in [1.165, 1.54) is 12.8 Å². The minimum atomic E-state index is -0.959. The summed E-state index contributed by atoms with van der Waals surface area (Å²) in [5, 5.41) is 3.33. The van der Waals surface area contributed by atoms with Crippen LogP contribution in [0.25, 0.3) is 11.1 Å². The zero-order chi connectivity index (χ0) is 23.0. The lowest BCUT2D eigenvalue weighted by molar-refractivity contribution is -0.133. The Hall–Kier alpha value is -2.32. The fraction of sp³-hybridized carbons (Fsp3) is 0.680. The molecule has 4 heterocycles. The lowest BCUT2D eigenvalue weighted by Gasteiger charge is -2.45. The van der Waals surface area contributed by atoms with Gasteiger partial charge in [-0.3, -0.25) is 14.5 Å². The maximum Gasteiger partial charge on any atom is 0.271 e. The number of furan rings is 1. The molecule has 1 saturated heterocycles. The van der Waals surface area contributed by atoms with E-state index in [0.717, 1.165) is 56.6 Å². The minimum Gasteiger partial charge on any atom is -0.460 e.